The molecule has 20 heavy (non-hydrogen) atoms. The summed E-state index contributed by atoms with van der Waals surface area (Å²) < 4.78 is 0. The molecule has 0 saturated carbocycles. The van der Waals surface area contributed by atoms with Crippen molar-refractivity contribution in [1.29, 1.82) is 0 Å². The molecule has 1 atom stereocenters. The number of piperidine rings is 1. The summed E-state index contributed by atoms with van der Waals surface area (Å²) in [5, 5.41) is 6.49. The van der Waals surface area contributed by atoms with Crippen molar-refractivity contribution in [2.24, 2.45) is 0 Å². The van der Waals surface area contributed by atoms with Crippen molar-refractivity contribution in [2.75, 3.05) is 19.6 Å². The Morgan fingerprint density at radius 3 is 2.80 bits per heavy atom. The highest BCUT2D eigenvalue weighted by Gasteiger charge is 2.18. The first kappa shape index (κ1) is 14.9. The first-order valence-corrected chi connectivity index (χ1v) is 7.59. The molecule has 1 aromatic carbocycles. The minimum absolute atomic E-state index is 0.0312. The Kier molecular flexibility index (Phi) is 5.87. The molecule has 0 aliphatic carbocycles. The molecule has 4 heteroatoms. The highest BCUT2D eigenvalue weighted by molar-refractivity contribution is 5.74. The number of carbonyl (C=O) groups is 1. The van der Waals surface area contributed by atoms with Crippen LogP contribution in [-0.4, -0.2) is 36.6 Å². The minimum atomic E-state index is 0.0312. The summed E-state index contributed by atoms with van der Waals surface area (Å²) in [4.78, 5) is 14.1. The first-order valence-electron chi connectivity index (χ1n) is 7.59. The van der Waals surface area contributed by atoms with E-state index in [4.69, 9.17) is 0 Å². The molecule has 0 spiro atoms. The number of carbonyl (C=O) groups excluding carboxylic acids is 1. The van der Waals surface area contributed by atoms with Gasteiger partial charge in [0.15, 0.2) is 0 Å². The molecule has 4 nitrogen and oxygen atoms in total. The van der Waals surface area contributed by atoms with Crippen LogP contribution in [0.4, 0.5) is 4.79 Å². The zero-order valence-electron chi connectivity index (χ0n) is 12.3. The third-order valence-electron chi connectivity index (χ3n) is 3.81. The van der Waals surface area contributed by atoms with E-state index in [0.717, 1.165) is 25.2 Å². The second-order valence-electron chi connectivity index (χ2n) is 5.33. The summed E-state index contributed by atoms with van der Waals surface area (Å²) >= 11 is 0. The van der Waals surface area contributed by atoms with Crippen molar-refractivity contribution in [2.45, 2.75) is 38.8 Å². The molecule has 0 radical (unpaired) electrons. The Labute approximate surface area is 121 Å². The monoisotopic (exact) mass is 275 g/mol. The second-order valence-corrected chi connectivity index (χ2v) is 5.33. The lowest BCUT2D eigenvalue weighted by atomic mass is 10.0. The Balaban J connectivity index is 1.79. The Morgan fingerprint density at radius 1 is 1.35 bits per heavy atom. The van der Waals surface area contributed by atoms with Crippen molar-refractivity contribution in [3.8, 4) is 0 Å². The molecule has 0 aromatic heterocycles. The number of urea groups is 1. The first-order chi connectivity index (χ1) is 9.79. The average molecular weight is 275 g/mol. The molecule has 2 rings (SSSR count). The van der Waals surface area contributed by atoms with Gasteiger partial charge in [0.1, 0.15) is 0 Å². The fourth-order valence-electron chi connectivity index (χ4n) is 2.59. The van der Waals surface area contributed by atoms with E-state index in [-0.39, 0.29) is 6.03 Å². The van der Waals surface area contributed by atoms with Gasteiger partial charge in [-0.25, -0.2) is 4.79 Å². The second kappa shape index (κ2) is 7.90. The van der Waals surface area contributed by atoms with Crippen molar-refractivity contribution >= 4 is 6.03 Å². The lowest BCUT2D eigenvalue weighted by Crippen LogP contribution is -2.48. The molecule has 2 amide bonds. The van der Waals surface area contributed by atoms with Crippen LogP contribution in [0.15, 0.2) is 30.3 Å². The van der Waals surface area contributed by atoms with Gasteiger partial charge in [-0.1, -0.05) is 36.8 Å². The zero-order chi connectivity index (χ0) is 14.2. The van der Waals surface area contributed by atoms with Gasteiger partial charge in [0, 0.05) is 25.7 Å². The van der Waals surface area contributed by atoms with Gasteiger partial charge in [-0.2, -0.15) is 0 Å². The lowest BCUT2D eigenvalue weighted by molar-refractivity contribution is 0.189. The van der Waals surface area contributed by atoms with E-state index < -0.39 is 0 Å². The number of nitrogens with zero attached hydrogens (tertiary/aromatic N) is 1. The summed E-state index contributed by atoms with van der Waals surface area (Å²) in [5.74, 6) is 0. The highest BCUT2D eigenvalue weighted by Crippen LogP contribution is 2.08. The van der Waals surface area contributed by atoms with Crippen LogP contribution < -0.4 is 10.6 Å². The molecule has 1 aromatic rings. The fraction of sp³-hybridized carbons (Fsp3) is 0.562. The Hall–Kier alpha value is -1.55. The maximum absolute atomic E-state index is 12.2. The quantitative estimate of drug-likeness (QED) is 0.866. The summed E-state index contributed by atoms with van der Waals surface area (Å²) in [6.07, 6.45) is 3.69. The van der Waals surface area contributed by atoms with Gasteiger partial charge in [0.05, 0.1) is 0 Å². The van der Waals surface area contributed by atoms with Gasteiger partial charge in [0.2, 0.25) is 0 Å². The van der Waals surface area contributed by atoms with Crippen LogP contribution in [-0.2, 0) is 6.54 Å². The molecular formula is C16H25N3O. The largest absolute Gasteiger partial charge is 0.334 e. The number of rotatable bonds is 5. The summed E-state index contributed by atoms with van der Waals surface area (Å²) in [5.41, 5.74) is 1.13. The van der Waals surface area contributed by atoms with Gasteiger partial charge in [0.25, 0.3) is 0 Å². The van der Waals surface area contributed by atoms with Crippen molar-refractivity contribution in [3.05, 3.63) is 35.9 Å². The fourth-order valence-corrected chi connectivity index (χ4v) is 2.59. The molecule has 0 bridgehead atoms. The minimum Gasteiger partial charge on any atom is -0.334 e. The molecule has 110 valence electrons. The highest BCUT2D eigenvalue weighted by atomic mass is 16.2. The lowest BCUT2D eigenvalue weighted by Gasteiger charge is -2.30. The molecular weight excluding hydrogens is 250 g/mol. The predicted octanol–water partition coefficient (Wildman–Crippen LogP) is 2.36. The molecule has 1 aliphatic heterocycles. The summed E-state index contributed by atoms with van der Waals surface area (Å²) in [6, 6.07) is 10.5. The number of hydrogen-bond acceptors (Lipinski definition) is 2. The number of likely N-dealkylation sites (N-methyl/N-ethyl adjacent to an activating group) is 1. The van der Waals surface area contributed by atoms with Crippen LogP contribution in [0.1, 0.15) is 31.7 Å². The van der Waals surface area contributed by atoms with Crippen LogP contribution in [0, 0.1) is 0 Å². The Morgan fingerprint density at radius 2 is 2.15 bits per heavy atom. The van der Waals surface area contributed by atoms with Crippen LogP contribution >= 0.6 is 0 Å². The summed E-state index contributed by atoms with van der Waals surface area (Å²) in [7, 11) is 0. The smallest absolute Gasteiger partial charge is 0.317 e. The van der Waals surface area contributed by atoms with Crippen molar-refractivity contribution in [3.63, 3.8) is 0 Å². The van der Waals surface area contributed by atoms with E-state index >= 15 is 0 Å². The maximum atomic E-state index is 12.2. The van der Waals surface area contributed by atoms with E-state index in [9.17, 15) is 4.79 Å². The third-order valence-corrected chi connectivity index (χ3v) is 3.81. The topological polar surface area (TPSA) is 44.4 Å². The van der Waals surface area contributed by atoms with Crippen LogP contribution in [0.5, 0.6) is 0 Å². The van der Waals surface area contributed by atoms with Crippen molar-refractivity contribution in [1.82, 2.24) is 15.5 Å². The van der Waals surface area contributed by atoms with Gasteiger partial charge in [-0.15, -0.1) is 0 Å². The number of amides is 2. The zero-order valence-corrected chi connectivity index (χ0v) is 12.3. The van der Waals surface area contributed by atoms with E-state index in [1.54, 1.807) is 0 Å². The molecule has 1 saturated heterocycles. The van der Waals surface area contributed by atoms with Gasteiger partial charge < -0.3 is 15.5 Å². The van der Waals surface area contributed by atoms with E-state index in [0.29, 0.717) is 12.6 Å². The van der Waals surface area contributed by atoms with E-state index in [1.165, 1.54) is 19.3 Å². The molecule has 1 unspecified atom stereocenters. The predicted molar refractivity (Wildman–Crippen MR) is 81.6 cm³/mol. The van der Waals surface area contributed by atoms with Gasteiger partial charge >= 0.3 is 6.03 Å². The number of hydrogen-bond donors (Lipinski definition) is 2. The Bertz CT molecular complexity index is 401. The molecule has 2 N–H and O–H groups in total. The molecule has 1 heterocycles. The average Bonchev–Trinajstić information content (AvgIpc) is 2.52. The van der Waals surface area contributed by atoms with Crippen molar-refractivity contribution < 1.29 is 4.79 Å². The third kappa shape index (κ3) is 4.53. The normalized spacial score (nSPS) is 18.6. The standard InChI is InChI=1S/C16H25N3O/c1-2-19(13-15-10-6-7-11-17-15)16(20)18-12-14-8-4-3-5-9-14/h3-5,8-9,15,17H,2,6-7,10-13H2,1H3,(H,18,20). The number of benzene rings is 1. The van der Waals surface area contributed by atoms with Crippen LogP contribution in [0.3, 0.4) is 0 Å². The van der Waals surface area contributed by atoms with Gasteiger partial charge in [-0.3, -0.25) is 0 Å². The van der Waals surface area contributed by atoms with Crippen LogP contribution in [0.2, 0.25) is 0 Å². The van der Waals surface area contributed by atoms with Gasteiger partial charge in [-0.05, 0) is 31.9 Å². The maximum Gasteiger partial charge on any atom is 0.317 e. The molecule has 1 fully saturated rings. The molecule has 1 aliphatic rings. The number of nitrogens with one attached hydrogen (secondary N) is 2. The van der Waals surface area contributed by atoms with E-state index in [2.05, 4.69) is 10.6 Å². The van der Waals surface area contributed by atoms with Crippen LogP contribution in [0.25, 0.3) is 0 Å². The SMILES string of the molecule is CCN(CC1CCCCN1)C(=O)NCc1ccccc1. The summed E-state index contributed by atoms with van der Waals surface area (Å²) in [6.45, 7) is 5.25. The van der Waals surface area contributed by atoms with E-state index in [1.807, 2.05) is 42.2 Å².